The van der Waals surface area contributed by atoms with Crippen molar-refractivity contribution in [3.63, 3.8) is 0 Å². The van der Waals surface area contributed by atoms with Gasteiger partial charge in [-0.25, -0.2) is 4.79 Å². The Kier molecular flexibility index (Phi) is 7.44. The van der Waals surface area contributed by atoms with Gasteiger partial charge in [0.05, 0.1) is 5.69 Å². The Morgan fingerprint density at radius 1 is 0.923 bits per heavy atom. The monoisotopic (exact) mass is 525 g/mol. The van der Waals surface area contributed by atoms with Crippen molar-refractivity contribution in [3.8, 4) is 11.3 Å². The summed E-state index contributed by atoms with van der Waals surface area (Å²) < 4.78 is 11.7. The zero-order valence-electron chi connectivity index (χ0n) is 23.0. The number of carbonyl (C=O) groups is 2. The molecule has 1 aliphatic rings. The Morgan fingerprint density at radius 3 is 2.44 bits per heavy atom. The van der Waals surface area contributed by atoms with E-state index in [1.54, 1.807) is 4.90 Å². The van der Waals surface area contributed by atoms with Crippen LogP contribution in [0.4, 0.5) is 10.5 Å². The van der Waals surface area contributed by atoms with Gasteiger partial charge in [0.15, 0.2) is 0 Å². The Hall–Kier alpha value is -4.10. The molecule has 1 saturated heterocycles. The van der Waals surface area contributed by atoms with Crippen molar-refractivity contribution in [2.75, 3.05) is 31.5 Å². The molecule has 1 aromatic heterocycles. The highest BCUT2D eigenvalue weighted by Gasteiger charge is 2.26. The second-order valence-electron chi connectivity index (χ2n) is 11.1. The zero-order chi connectivity index (χ0) is 27.6. The molecular formula is C32H35N3O4. The van der Waals surface area contributed by atoms with Crippen LogP contribution >= 0.6 is 0 Å². The first-order valence-electron chi connectivity index (χ1n) is 13.3. The predicted octanol–water partition coefficient (Wildman–Crippen LogP) is 6.71. The topological polar surface area (TPSA) is 75.0 Å². The number of rotatable bonds is 5. The number of nitrogens with zero attached hydrogens (tertiary/aromatic N) is 2. The van der Waals surface area contributed by atoms with Gasteiger partial charge in [-0.05, 0) is 75.7 Å². The van der Waals surface area contributed by atoms with E-state index in [4.69, 9.17) is 9.15 Å². The molecule has 202 valence electrons. The number of amides is 2. The average molecular weight is 526 g/mol. The smallest absolute Gasteiger partial charge is 0.410 e. The summed E-state index contributed by atoms with van der Waals surface area (Å²) in [6.07, 6.45) is -0.246. The molecule has 2 heterocycles. The van der Waals surface area contributed by atoms with Crippen LogP contribution in [0.15, 0.2) is 77.2 Å². The molecule has 1 aliphatic heterocycles. The van der Waals surface area contributed by atoms with E-state index in [2.05, 4.69) is 22.3 Å². The molecule has 0 unspecified atom stereocenters. The Bertz CT molecular complexity index is 1490. The van der Waals surface area contributed by atoms with E-state index in [0.29, 0.717) is 30.1 Å². The molecule has 4 aromatic rings. The lowest BCUT2D eigenvalue weighted by atomic mass is 10.1. The van der Waals surface area contributed by atoms with Crippen molar-refractivity contribution < 1.29 is 18.7 Å². The Labute approximate surface area is 229 Å². The molecule has 7 nitrogen and oxygen atoms in total. The summed E-state index contributed by atoms with van der Waals surface area (Å²) in [5.41, 5.74) is 4.67. The highest BCUT2D eigenvalue weighted by molar-refractivity contribution is 6.06. The molecule has 1 N–H and O–H groups in total. The van der Waals surface area contributed by atoms with Crippen molar-refractivity contribution in [2.24, 2.45) is 0 Å². The number of ether oxygens (including phenoxy) is 1. The van der Waals surface area contributed by atoms with Gasteiger partial charge in [0.2, 0.25) is 0 Å². The van der Waals surface area contributed by atoms with Crippen molar-refractivity contribution in [2.45, 2.75) is 39.8 Å². The van der Waals surface area contributed by atoms with Crippen molar-refractivity contribution in [3.05, 3.63) is 89.5 Å². The number of carbonyl (C=O) groups excluding carboxylic acids is 2. The van der Waals surface area contributed by atoms with Gasteiger partial charge in [0, 0.05) is 49.2 Å². The first-order valence-corrected chi connectivity index (χ1v) is 13.3. The molecule has 7 heteroatoms. The van der Waals surface area contributed by atoms with E-state index in [-0.39, 0.29) is 12.0 Å². The van der Waals surface area contributed by atoms with Crippen LogP contribution in [0.25, 0.3) is 22.3 Å². The number of hydrogen-bond acceptors (Lipinski definition) is 5. The number of hydrogen-bond donors (Lipinski definition) is 1. The summed E-state index contributed by atoms with van der Waals surface area (Å²) in [6, 6.07) is 23.5. The fraction of sp³-hybridized carbons (Fsp3) is 0.312. The Morgan fingerprint density at radius 2 is 1.69 bits per heavy atom. The van der Waals surface area contributed by atoms with E-state index in [1.165, 1.54) is 5.56 Å². The van der Waals surface area contributed by atoms with Crippen LogP contribution in [0.2, 0.25) is 0 Å². The normalized spacial score (nSPS) is 14.4. The number of aryl methyl sites for hydroxylation is 1. The van der Waals surface area contributed by atoms with Crippen LogP contribution in [0, 0.1) is 6.92 Å². The first kappa shape index (κ1) is 26.5. The van der Waals surface area contributed by atoms with Gasteiger partial charge >= 0.3 is 6.09 Å². The van der Waals surface area contributed by atoms with E-state index in [0.717, 1.165) is 41.7 Å². The van der Waals surface area contributed by atoms with Gasteiger partial charge in [-0.2, -0.15) is 0 Å². The van der Waals surface area contributed by atoms with Gasteiger partial charge in [0.25, 0.3) is 5.91 Å². The molecule has 1 fully saturated rings. The molecular weight excluding hydrogens is 490 g/mol. The average Bonchev–Trinajstić information content (AvgIpc) is 3.32. The molecule has 0 saturated carbocycles. The van der Waals surface area contributed by atoms with Crippen molar-refractivity contribution >= 4 is 28.7 Å². The minimum atomic E-state index is -0.486. The van der Waals surface area contributed by atoms with Gasteiger partial charge in [-0.1, -0.05) is 35.9 Å². The minimum Gasteiger partial charge on any atom is -0.456 e. The van der Waals surface area contributed by atoms with Crippen LogP contribution in [0.1, 0.15) is 42.3 Å². The molecule has 0 aliphatic carbocycles. The highest BCUT2D eigenvalue weighted by Crippen LogP contribution is 2.33. The van der Waals surface area contributed by atoms with E-state index < -0.39 is 5.60 Å². The van der Waals surface area contributed by atoms with Crippen molar-refractivity contribution in [1.29, 1.82) is 0 Å². The number of nitrogens with one attached hydrogen (secondary N) is 1. The maximum atomic E-state index is 12.9. The van der Waals surface area contributed by atoms with Crippen LogP contribution < -0.4 is 5.32 Å². The molecule has 0 radical (unpaired) electrons. The maximum absolute atomic E-state index is 12.9. The summed E-state index contributed by atoms with van der Waals surface area (Å²) in [4.78, 5) is 29.4. The van der Waals surface area contributed by atoms with Crippen LogP contribution in [0.3, 0.4) is 0 Å². The third-order valence-electron chi connectivity index (χ3n) is 6.73. The van der Waals surface area contributed by atoms with E-state index in [1.807, 2.05) is 88.4 Å². The predicted molar refractivity (Wildman–Crippen MR) is 154 cm³/mol. The van der Waals surface area contributed by atoms with Crippen molar-refractivity contribution in [1.82, 2.24) is 9.80 Å². The van der Waals surface area contributed by atoms with Gasteiger partial charge < -0.3 is 19.4 Å². The fourth-order valence-electron chi connectivity index (χ4n) is 4.78. The number of fused-ring (bicyclic) bond motifs is 1. The van der Waals surface area contributed by atoms with Crippen LogP contribution in [-0.4, -0.2) is 53.6 Å². The second-order valence-corrected chi connectivity index (χ2v) is 11.1. The molecule has 3 aromatic carbocycles. The number of furan rings is 1. The van der Waals surface area contributed by atoms with E-state index in [9.17, 15) is 9.59 Å². The van der Waals surface area contributed by atoms with Gasteiger partial charge in [0.1, 0.15) is 16.9 Å². The number of anilines is 1. The third kappa shape index (κ3) is 6.49. The largest absolute Gasteiger partial charge is 0.456 e. The summed E-state index contributed by atoms with van der Waals surface area (Å²) in [5.74, 6) is 0.546. The first-order chi connectivity index (χ1) is 18.6. The second kappa shape index (κ2) is 10.9. The Balaban J connectivity index is 1.27. The summed E-state index contributed by atoms with van der Waals surface area (Å²) in [5, 5.41) is 4.05. The quantitative estimate of drug-likeness (QED) is 0.313. The lowest BCUT2D eigenvalue weighted by molar-refractivity contribution is 0.0139. The lowest BCUT2D eigenvalue weighted by Crippen LogP contribution is -2.49. The molecule has 5 rings (SSSR count). The van der Waals surface area contributed by atoms with Crippen LogP contribution in [-0.2, 0) is 11.3 Å². The number of para-hydroxylation sites is 1. The van der Waals surface area contributed by atoms with Gasteiger partial charge in [-0.15, -0.1) is 0 Å². The van der Waals surface area contributed by atoms with Crippen LogP contribution in [0.5, 0.6) is 0 Å². The maximum Gasteiger partial charge on any atom is 0.410 e. The fourth-order valence-corrected chi connectivity index (χ4v) is 4.78. The third-order valence-corrected chi connectivity index (χ3v) is 6.73. The molecule has 39 heavy (non-hydrogen) atoms. The lowest BCUT2D eigenvalue weighted by Gasteiger charge is -2.35. The number of benzene rings is 3. The molecule has 0 spiro atoms. The molecule has 2 amide bonds. The number of piperazine rings is 1. The zero-order valence-corrected chi connectivity index (χ0v) is 23.0. The van der Waals surface area contributed by atoms with Gasteiger partial charge in [-0.3, -0.25) is 9.69 Å². The summed E-state index contributed by atoms with van der Waals surface area (Å²) in [6.45, 7) is 11.3. The minimum absolute atomic E-state index is 0.156. The standard InChI is InChI=1S/C32H35N3O4/c1-22-8-7-9-24(18-22)30(36)33-27-11-6-5-10-26(27)29-20-25-19-23(12-13-28(25)38-29)21-34-14-16-35(17-15-34)31(37)39-32(2,3)4/h5-13,18-20H,14-17,21H2,1-4H3,(H,33,36). The van der Waals surface area contributed by atoms with E-state index >= 15 is 0 Å². The molecule has 0 atom stereocenters. The summed E-state index contributed by atoms with van der Waals surface area (Å²) >= 11 is 0. The molecule has 0 bridgehead atoms. The highest BCUT2D eigenvalue weighted by atomic mass is 16.6. The summed E-state index contributed by atoms with van der Waals surface area (Å²) in [7, 11) is 0. The SMILES string of the molecule is Cc1cccc(C(=O)Nc2ccccc2-c2cc3cc(CN4CCN(C(=O)OC(C)(C)C)CC4)ccc3o2)c1.